The molecule has 3 fully saturated rings. The molecule has 0 aromatic rings. The molecule has 6 heteroatoms. The van der Waals surface area contributed by atoms with Gasteiger partial charge in [0.15, 0.2) is 17.2 Å². The fourth-order valence-corrected chi connectivity index (χ4v) is 7.29. The molecular weight excluding hydrogens is 366 g/mol. The lowest BCUT2D eigenvalue weighted by Gasteiger charge is -2.63. The van der Waals surface area contributed by atoms with Crippen LogP contribution in [0.2, 0.25) is 0 Å². The summed E-state index contributed by atoms with van der Waals surface area (Å²) in [5, 5.41) is 22.4. The standard InChI is InChI=1S/C22H28F2O4/c1-11-7-14-15-9-17(23)16-8-13(26)5-6-19(16,3)21(15,24)18(27)10-20(14,4)22(11,28)12(2)25/h5-6,8,11,14-15,17-18,27-28H,7,9-10H2,1-4H3/t11?,14?,15?,17?,18?,19-,20-,21-,22-/m0/s1. The average molecular weight is 394 g/mol. The first-order chi connectivity index (χ1) is 12.8. The zero-order valence-corrected chi connectivity index (χ0v) is 16.7. The van der Waals surface area contributed by atoms with Gasteiger partial charge in [0.2, 0.25) is 0 Å². The van der Waals surface area contributed by atoms with Gasteiger partial charge in [-0.25, -0.2) is 8.78 Å². The van der Waals surface area contributed by atoms with Gasteiger partial charge in [0.25, 0.3) is 0 Å². The SMILES string of the molecule is CC(=O)[C@@]1(O)C(C)CC2C3CC(F)C4=CC(=O)C=C[C@]4(C)[C@@]3(F)C(O)C[C@@]21C. The Morgan fingerprint density at radius 3 is 2.50 bits per heavy atom. The molecule has 0 saturated heterocycles. The van der Waals surface area contributed by atoms with E-state index in [1.54, 1.807) is 20.8 Å². The lowest BCUT2D eigenvalue weighted by molar-refractivity contribution is -0.222. The molecule has 0 bridgehead atoms. The van der Waals surface area contributed by atoms with E-state index in [-0.39, 0.29) is 24.2 Å². The van der Waals surface area contributed by atoms with Gasteiger partial charge in [-0.2, -0.15) is 0 Å². The molecule has 4 nitrogen and oxygen atoms in total. The maximum atomic E-state index is 16.8. The normalized spacial score (nSPS) is 55.2. The number of aliphatic hydroxyl groups is 2. The highest BCUT2D eigenvalue weighted by Crippen LogP contribution is 2.70. The number of rotatable bonds is 1. The van der Waals surface area contributed by atoms with Crippen LogP contribution in [0.5, 0.6) is 0 Å². The van der Waals surface area contributed by atoms with Gasteiger partial charge in [0, 0.05) is 16.7 Å². The first-order valence-electron chi connectivity index (χ1n) is 10.0. The predicted octanol–water partition coefficient (Wildman–Crippen LogP) is 2.87. The van der Waals surface area contributed by atoms with E-state index in [0.29, 0.717) is 6.42 Å². The number of hydrogen-bond acceptors (Lipinski definition) is 4. The Morgan fingerprint density at radius 1 is 1.25 bits per heavy atom. The Kier molecular flexibility index (Phi) is 3.98. The molecular formula is C22H28F2O4. The molecule has 0 amide bonds. The lowest BCUT2D eigenvalue weighted by atomic mass is 9.44. The molecule has 4 rings (SSSR count). The molecule has 9 atom stereocenters. The van der Waals surface area contributed by atoms with E-state index < -0.39 is 57.9 Å². The van der Waals surface area contributed by atoms with Crippen LogP contribution >= 0.6 is 0 Å². The summed E-state index contributed by atoms with van der Waals surface area (Å²) < 4.78 is 32.0. The van der Waals surface area contributed by atoms with E-state index in [1.807, 2.05) is 0 Å². The van der Waals surface area contributed by atoms with Gasteiger partial charge in [-0.15, -0.1) is 0 Å². The molecule has 4 aliphatic rings. The molecule has 0 radical (unpaired) electrons. The first kappa shape index (κ1) is 19.9. The van der Waals surface area contributed by atoms with E-state index in [0.717, 1.165) is 6.08 Å². The molecule has 154 valence electrons. The molecule has 0 aromatic carbocycles. The van der Waals surface area contributed by atoms with Gasteiger partial charge in [-0.1, -0.05) is 19.9 Å². The summed E-state index contributed by atoms with van der Waals surface area (Å²) in [6.07, 6.45) is 0.918. The summed E-state index contributed by atoms with van der Waals surface area (Å²) in [4.78, 5) is 24.2. The minimum absolute atomic E-state index is 0.0780. The molecule has 3 saturated carbocycles. The number of ketones is 2. The lowest BCUT2D eigenvalue weighted by Crippen LogP contribution is -2.70. The zero-order valence-electron chi connectivity index (χ0n) is 16.7. The summed E-state index contributed by atoms with van der Waals surface area (Å²) in [6.45, 7) is 6.36. The Morgan fingerprint density at radius 2 is 1.89 bits per heavy atom. The maximum absolute atomic E-state index is 16.8. The Labute approximate surface area is 163 Å². The number of alkyl halides is 2. The van der Waals surface area contributed by atoms with Crippen molar-refractivity contribution < 1.29 is 28.6 Å². The van der Waals surface area contributed by atoms with Crippen LogP contribution in [0, 0.1) is 28.6 Å². The highest BCUT2D eigenvalue weighted by Gasteiger charge is 2.76. The number of fused-ring (bicyclic) bond motifs is 5. The molecule has 0 heterocycles. The van der Waals surface area contributed by atoms with Crippen LogP contribution in [0.15, 0.2) is 23.8 Å². The van der Waals surface area contributed by atoms with E-state index in [1.165, 1.54) is 19.1 Å². The third-order valence-electron chi connectivity index (χ3n) is 8.75. The number of halogens is 2. The van der Waals surface area contributed by atoms with Crippen molar-refractivity contribution in [2.45, 2.75) is 70.5 Å². The number of hydrogen-bond donors (Lipinski definition) is 2. The Hall–Kier alpha value is -1.40. The van der Waals surface area contributed by atoms with E-state index in [9.17, 15) is 19.8 Å². The average Bonchev–Trinajstić information content (AvgIpc) is 2.81. The van der Waals surface area contributed by atoms with Gasteiger partial charge in [-0.3, -0.25) is 9.59 Å². The van der Waals surface area contributed by atoms with Crippen LogP contribution in [-0.4, -0.2) is 45.3 Å². The quantitative estimate of drug-likeness (QED) is 0.717. The minimum Gasteiger partial charge on any atom is -0.390 e. The van der Waals surface area contributed by atoms with Gasteiger partial charge in [0.1, 0.15) is 11.8 Å². The van der Waals surface area contributed by atoms with Crippen LogP contribution in [0.25, 0.3) is 0 Å². The van der Waals surface area contributed by atoms with Crippen LogP contribution in [0.1, 0.15) is 47.0 Å². The van der Waals surface area contributed by atoms with Crippen LogP contribution in [0.3, 0.4) is 0 Å². The van der Waals surface area contributed by atoms with Crippen molar-refractivity contribution in [3.05, 3.63) is 23.8 Å². The topological polar surface area (TPSA) is 74.6 Å². The molecule has 4 aliphatic carbocycles. The monoisotopic (exact) mass is 394 g/mol. The van der Waals surface area contributed by atoms with Crippen molar-refractivity contribution in [3.8, 4) is 0 Å². The van der Waals surface area contributed by atoms with Crippen LogP contribution < -0.4 is 0 Å². The van der Waals surface area contributed by atoms with E-state index in [4.69, 9.17) is 0 Å². The second-order valence-corrected chi connectivity index (χ2v) is 9.82. The van der Waals surface area contributed by atoms with Gasteiger partial charge < -0.3 is 10.2 Å². The second-order valence-electron chi connectivity index (χ2n) is 9.82. The van der Waals surface area contributed by atoms with Crippen molar-refractivity contribution in [2.75, 3.05) is 0 Å². The molecule has 0 aliphatic heterocycles. The van der Waals surface area contributed by atoms with Crippen molar-refractivity contribution >= 4 is 11.6 Å². The van der Waals surface area contributed by atoms with Crippen molar-refractivity contribution in [2.24, 2.45) is 28.6 Å². The van der Waals surface area contributed by atoms with E-state index >= 15 is 8.78 Å². The van der Waals surface area contributed by atoms with Crippen LogP contribution in [0.4, 0.5) is 8.78 Å². The van der Waals surface area contributed by atoms with Gasteiger partial charge in [-0.05, 0) is 62.7 Å². The number of aliphatic hydroxyl groups excluding tert-OH is 1. The number of allylic oxidation sites excluding steroid dienone is 4. The highest BCUT2D eigenvalue weighted by molar-refractivity contribution is 6.01. The van der Waals surface area contributed by atoms with Crippen molar-refractivity contribution in [1.82, 2.24) is 0 Å². The van der Waals surface area contributed by atoms with Gasteiger partial charge >= 0.3 is 0 Å². The minimum atomic E-state index is -2.18. The number of carbonyl (C=O) groups excluding carboxylic acids is 2. The van der Waals surface area contributed by atoms with Crippen LogP contribution in [-0.2, 0) is 9.59 Å². The smallest absolute Gasteiger partial charge is 0.178 e. The summed E-state index contributed by atoms with van der Waals surface area (Å²) in [5.74, 6) is -2.51. The maximum Gasteiger partial charge on any atom is 0.178 e. The van der Waals surface area contributed by atoms with Crippen molar-refractivity contribution in [1.29, 1.82) is 0 Å². The molecule has 2 N–H and O–H groups in total. The predicted molar refractivity (Wildman–Crippen MR) is 98.8 cm³/mol. The summed E-state index contributed by atoms with van der Waals surface area (Å²) in [6, 6.07) is 0. The molecule has 5 unspecified atom stereocenters. The summed E-state index contributed by atoms with van der Waals surface area (Å²) in [7, 11) is 0. The summed E-state index contributed by atoms with van der Waals surface area (Å²) in [5.41, 5.74) is -6.26. The molecule has 0 spiro atoms. The third kappa shape index (κ3) is 1.96. The summed E-state index contributed by atoms with van der Waals surface area (Å²) >= 11 is 0. The fourth-order valence-electron chi connectivity index (χ4n) is 7.29. The first-order valence-corrected chi connectivity index (χ1v) is 10.0. The number of carbonyl (C=O) groups is 2. The molecule has 28 heavy (non-hydrogen) atoms. The third-order valence-corrected chi connectivity index (χ3v) is 8.75. The highest BCUT2D eigenvalue weighted by atomic mass is 19.1. The van der Waals surface area contributed by atoms with Gasteiger partial charge in [0.05, 0.1) is 6.10 Å². The largest absolute Gasteiger partial charge is 0.390 e. The number of Topliss-reactive ketones (excluding diaryl/α,β-unsaturated/α-hetero) is 1. The Bertz CT molecular complexity index is 821. The second kappa shape index (κ2) is 5.60. The fraction of sp³-hybridized carbons (Fsp3) is 0.727. The zero-order chi connectivity index (χ0) is 20.9. The molecule has 0 aromatic heterocycles. The van der Waals surface area contributed by atoms with E-state index in [2.05, 4.69) is 0 Å². The van der Waals surface area contributed by atoms with Crippen molar-refractivity contribution in [3.63, 3.8) is 0 Å². The Balaban J connectivity index is 1.88.